The Kier molecular flexibility index (Phi) is 34.7. The van der Waals surface area contributed by atoms with Gasteiger partial charge < -0.3 is 45.1 Å². The molecular formula is C52H81N3O16P2. The van der Waals surface area contributed by atoms with E-state index < -0.39 is 89.8 Å². The summed E-state index contributed by atoms with van der Waals surface area (Å²) in [6.45, 7) is 1.87. The summed E-state index contributed by atoms with van der Waals surface area (Å²) in [5.41, 5.74) is 4.57. The number of unbranched alkanes of at least 4 members (excludes halogenated alkanes) is 7. The van der Waals surface area contributed by atoms with Crippen LogP contribution in [-0.2, 0) is 46.3 Å². The molecule has 2 rings (SSSR count). The lowest BCUT2D eigenvalue weighted by molar-refractivity contribution is -0.161. The zero-order valence-corrected chi connectivity index (χ0v) is 44.3. The van der Waals surface area contributed by atoms with Crippen LogP contribution in [-0.4, -0.2) is 96.9 Å². The molecule has 1 aromatic heterocycles. The first-order valence-corrected chi connectivity index (χ1v) is 28.3. The minimum atomic E-state index is -5.46. The van der Waals surface area contributed by atoms with Crippen molar-refractivity contribution in [3.63, 3.8) is 0 Å². The second-order valence-electron chi connectivity index (χ2n) is 17.2. The van der Waals surface area contributed by atoms with E-state index in [2.05, 4.69) is 59.6 Å². The first kappa shape index (κ1) is 64.8. The number of phosphoric ester groups is 2. The summed E-state index contributed by atoms with van der Waals surface area (Å²) in [6, 6.07) is 1.24. The van der Waals surface area contributed by atoms with E-state index in [1.54, 1.807) is 6.08 Å². The maximum Gasteiger partial charge on any atom is 0.481 e. The molecule has 0 spiro atoms. The van der Waals surface area contributed by atoms with E-state index in [0.717, 1.165) is 68.6 Å². The van der Waals surface area contributed by atoms with Gasteiger partial charge in [-0.1, -0.05) is 143 Å². The van der Waals surface area contributed by atoms with Gasteiger partial charge in [0.2, 0.25) is 0 Å². The van der Waals surface area contributed by atoms with E-state index in [0.29, 0.717) is 32.1 Å². The standard InChI is InChI=1S/C52H81N3O16P2/c1-3-5-7-8-9-10-11-12-13-14-15-16-19-22-25-28-32-36-47(57)66-40-44(69-48(58)37-33-29-26-23-20-17-18-21-24-27-31-35-43(56)34-30-6-4-2)41-67-72(62,63)71-73(64,65)68-42-45-49(59)50(60)51(70-45)55-39-38-46(53)54-52(55)61/h9-10,12-13,15-18,22-27,31,35,38-39,43-45,49-51,56,59-60H,3-8,11,14,19-21,28-30,32-34,36-37,40-42H2,1-2H3,(H,62,63)(H,64,65)(H2,53,54,61)/b10-9-,13-12-,16-15-,18-17-,25-22-,26-23-,27-24-,35-31+/t43-,44+,45+,49+,50+,51+/m0/s1. The molecule has 0 aromatic carbocycles. The number of carbonyl (C=O) groups is 2. The summed E-state index contributed by atoms with van der Waals surface area (Å²) in [6.07, 6.45) is 39.7. The third-order valence-corrected chi connectivity index (χ3v) is 13.3. The molecule has 0 radical (unpaired) electrons. The van der Waals surface area contributed by atoms with Crippen molar-refractivity contribution < 1.29 is 71.4 Å². The number of ether oxygens (including phenoxy) is 3. The molecule has 8 atom stereocenters. The molecule has 0 bridgehead atoms. The number of nitrogen functional groups attached to an aromatic ring is 1. The summed E-state index contributed by atoms with van der Waals surface area (Å²) in [5.74, 6) is -1.47. The molecular weight excluding hydrogens is 985 g/mol. The minimum absolute atomic E-state index is 0.0246. The quantitative estimate of drug-likeness (QED) is 0.0117. The van der Waals surface area contributed by atoms with E-state index in [9.17, 15) is 48.6 Å². The van der Waals surface area contributed by atoms with Crippen molar-refractivity contribution in [1.29, 1.82) is 0 Å². The van der Waals surface area contributed by atoms with Crippen molar-refractivity contribution >= 4 is 33.4 Å². The van der Waals surface area contributed by atoms with Crippen LogP contribution in [0, 0.1) is 0 Å². The Morgan fingerprint density at radius 1 is 0.726 bits per heavy atom. The van der Waals surface area contributed by atoms with E-state index in [4.69, 9.17) is 29.0 Å². The normalized spacial score (nSPS) is 20.2. The molecule has 2 heterocycles. The number of hydrogen-bond acceptors (Lipinski definition) is 16. The lowest BCUT2D eigenvalue weighted by Gasteiger charge is -2.21. The summed E-state index contributed by atoms with van der Waals surface area (Å²) in [4.78, 5) is 61.9. The predicted octanol–water partition coefficient (Wildman–Crippen LogP) is 9.41. The largest absolute Gasteiger partial charge is 0.481 e. The highest BCUT2D eigenvalue weighted by atomic mass is 31.3. The van der Waals surface area contributed by atoms with Gasteiger partial charge in [-0.2, -0.15) is 9.29 Å². The van der Waals surface area contributed by atoms with E-state index in [-0.39, 0.29) is 18.7 Å². The minimum Gasteiger partial charge on any atom is -0.462 e. The number of rotatable bonds is 40. The number of carbonyl (C=O) groups excluding carboxylic acids is 2. The summed E-state index contributed by atoms with van der Waals surface area (Å²) in [7, 11) is -10.9. The third kappa shape index (κ3) is 31.9. The van der Waals surface area contributed by atoms with Gasteiger partial charge in [-0.15, -0.1) is 0 Å². The molecule has 1 fully saturated rings. The molecule has 0 saturated carbocycles. The average Bonchev–Trinajstić information content (AvgIpc) is 3.62. The molecule has 21 heteroatoms. The number of hydrogen-bond donors (Lipinski definition) is 6. The average molecular weight is 1070 g/mol. The van der Waals surface area contributed by atoms with Gasteiger partial charge in [0.1, 0.15) is 30.7 Å². The molecule has 1 aromatic rings. The fourth-order valence-corrected chi connectivity index (χ4v) is 8.87. The van der Waals surface area contributed by atoms with Crippen LogP contribution in [0.4, 0.5) is 5.82 Å². The monoisotopic (exact) mass is 1070 g/mol. The Morgan fingerprint density at radius 3 is 1.85 bits per heavy atom. The molecule has 2 unspecified atom stereocenters. The van der Waals surface area contributed by atoms with Crippen molar-refractivity contribution in [2.75, 3.05) is 25.6 Å². The van der Waals surface area contributed by atoms with Gasteiger partial charge in [0.05, 0.1) is 19.3 Å². The van der Waals surface area contributed by atoms with Crippen LogP contribution < -0.4 is 11.4 Å². The van der Waals surface area contributed by atoms with Gasteiger partial charge in [-0.3, -0.25) is 23.2 Å². The molecule has 410 valence electrons. The van der Waals surface area contributed by atoms with Crippen LogP contribution in [0.15, 0.2) is 114 Å². The van der Waals surface area contributed by atoms with Crippen molar-refractivity contribution in [1.82, 2.24) is 9.55 Å². The van der Waals surface area contributed by atoms with Gasteiger partial charge in [-0.05, 0) is 83.1 Å². The van der Waals surface area contributed by atoms with Gasteiger partial charge in [0.25, 0.3) is 0 Å². The first-order chi connectivity index (χ1) is 35.1. The number of phosphoric acid groups is 2. The zero-order valence-electron chi connectivity index (χ0n) is 42.5. The molecule has 0 aliphatic carbocycles. The Hall–Kier alpha value is -4.36. The number of nitrogens with zero attached hydrogens (tertiary/aromatic N) is 2. The summed E-state index contributed by atoms with van der Waals surface area (Å²) < 4.78 is 56.6. The number of nitrogens with two attached hydrogens (primary N) is 1. The Morgan fingerprint density at radius 2 is 1.26 bits per heavy atom. The predicted molar refractivity (Wildman–Crippen MR) is 281 cm³/mol. The Balaban J connectivity index is 1.87. The molecule has 1 aliphatic rings. The van der Waals surface area contributed by atoms with Crippen molar-refractivity contribution in [2.45, 2.75) is 173 Å². The number of aliphatic hydroxyl groups is 3. The molecule has 0 amide bonds. The Bertz CT molecular complexity index is 2120. The maximum absolute atomic E-state index is 12.8. The number of esters is 2. The maximum atomic E-state index is 12.8. The molecule has 1 saturated heterocycles. The number of aliphatic hydroxyl groups excluding tert-OH is 3. The fraction of sp³-hybridized carbons (Fsp3) is 0.577. The van der Waals surface area contributed by atoms with Crippen molar-refractivity contribution in [2.24, 2.45) is 0 Å². The van der Waals surface area contributed by atoms with Crippen LogP contribution in [0.3, 0.4) is 0 Å². The molecule has 19 nitrogen and oxygen atoms in total. The fourth-order valence-electron chi connectivity index (χ4n) is 6.76. The lowest BCUT2D eigenvalue weighted by Crippen LogP contribution is -2.36. The third-order valence-electron chi connectivity index (χ3n) is 10.7. The second-order valence-corrected chi connectivity index (χ2v) is 20.2. The van der Waals surface area contributed by atoms with Crippen LogP contribution in [0.2, 0.25) is 0 Å². The second kappa shape index (κ2) is 39.1. The van der Waals surface area contributed by atoms with Gasteiger partial charge in [-0.25, -0.2) is 13.9 Å². The highest BCUT2D eigenvalue weighted by molar-refractivity contribution is 7.61. The summed E-state index contributed by atoms with van der Waals surface area (Å²) in [5, 5.41) is 30.9. The van der Waals surface area contributed by atoms with Gasteiger partial charge in [0, 0.05) is 19.0 Å². The zero-order chi connectivity index (χ0) is 53.6. The summed E-state index contributed by atoms with van der Waals surface area (Å²) >= 11 is 0. The lowest BCUT2D eigenvalue weighted by atomic mass is 10.1. The number of allylic oxidation sites excluding steroid dienone is 15. The molecule has 73 heavy (non-hydrogen) atoms. The highest BCUT2D eigenvalue weighted by Crippen LogP contribution is 2.60. The smallest absolute Gasteiger partial charge is 0.462 e. The van der Waals surface area contributed by atoms with E-state index in [1.807, 2.05) is 54.7 Å². The van der Waals surface area contributed by atoms with Crippen LogP contribution in [0.25, 0.3) is 0 Å². The topological polar surface area (TPSA) is 286 Å². The molecule has 7 N–H and O–H groups in total. The van der Waals surface area contributed by atoms with Crippen LogP contribution >= 0.6 is 15.6 Å². The van der Waals surface area contributed by atoms with Crippen molar-refractivity contribution in [3.8, 4) is 0 Å². The number of aromatic nitrogens is 2. The SMILES string of the molecule is CCCCC/C=C\C/C=C\C/C=C\C/C=C\CCCC(=O)OC[C@H](COP(=O)(O)OP(=O)(O)OC[C@H]1O[C@@H](n2ccc(N)nc2=O)[C@H](O)[C@@H]1O)OC(=O)CCC/C=C\C/C=C\C/C=C\C=C\[C@@H](O)CCCCC. The van der Waals surface area contributed by atoms with E-state index in [1.165, 1.54) is 25.3 Å². The van der Waals surface area contributed by atoms with Gasteiger partial charge >= 0.3 is 33.3 Å². The molecule has 1 aliphatic heterocycles. The first-order valence-electron chi connectivity index (χ1n) is 25.4. The van der Waals surface area contributed by atoms with Crippen molar-refractivity contribution in [3.05, 3.63) is 120 Å². The van der Waals surface area contributed by atoms with Gasteiger partial charge in [0.15, 0.2) is 12.3 Å². The number of anilines is 1. The Labute approximate surface area is 431 Å². The van der Waals surface area contributed by atoms with E-state index >= 15 is 0 Å². The highest BCUT2D eigenvalue weighted by Gasteiger charge is 2.46. The van der Waals surface area contributed by atoms with Crippen LogP contribution in [0.5, 0.6) is 0 Å². The van der Waals surface area contributed by atoms with Crippen LogP contribution in [0.1, 0.15) is 142 Å².